The molecule has 1 aromatic heterocycles. The summed E-state index contributed by atoms with van der Waals surface area (Å²) >= 11 is 1.16. The van der Waals surface area contributed by atoms with Crippen LogP contribution in [0.5, 0.6) is 0 Å². The van der Waals surface area contributed by atoms with E-state index >= 15 is 0 Å². The number of aromatic nitrogens is 3. The fourth-order valence-corrected chi connectivity index (χ4v) is 3.48. The summed E-state index contributed by atoms with van der Waals surface area (Å²) in [5, 5.41) is 19.7. The third-order valence-corrected chi connectivity index (χ3v) is 5.28. The maximum atomic E-state index is 12.4. The Morgan fingerprint density at radius 1 is 1.24 bits per heavy atom. The van der Waals surface area contributed by atoms with Crippen LogP contribution in [0.15, 0.2) is 64.5 Å². The highest BCUT2D eigenvalue weighted by Gasteiger charge is 2.19. The van der Waals surface area contributed by atoms with Gasteiger partial charge >= 0.3 is 5.69 Å². The van der Waals surface area contributed by atoms with E-state index < -0.39 is 10.2 Å². The van der Waals surface area contributed by atoms with Gasteiger partial charge in [0.25, 0.3) is 5.69 Å². The van der Waals surface area contributed by atoms with Crippen LogP contribution >= 0.6 is 11.8 Å². The molecule has 0 fully saturated rings. The van der Waals surface area contributed by atoms with E-state index in [1.165, 1.54) is 28.8 Å². The molecule has 0 saturated heterocycles. The van der Waals surface area contributed by atoms with Gasteiger partial charge in [0.1, 0.15) is 0 Å². The molecular formula is C19H19N5O4S. The number of carbonyl (C=O) groups is 1. The number of benzene rings is 2. The smallest absolute Gasteiger partial charge is 0.325 e. The summed E-state index contributed by atoms with van der Waals surface area (Å²) in [4.78, 5) is 34.7. The summed E-state index contributed by atoms with van der Waals surface area (Å²) in [6.45, 7) is 2.14. The van der Waals surface area contributed by atoms with Gasteiger partial charge in [-0.25, -0.2) is 9.89 Å². The zero-order chi connectivity index (χ0) is 20.8. The lowest BCUT2D eigenvalue weighted by Gasteiger charge is -2.12. The molecule has 0 spiro atoms. The molecule has 150 valence electrons. The predicted octanol–water partition coefficient (Wildman–Crippen LogP) is 2.84. The molecule has 0 bridgehead atoms. The van der Waals surface area contributed by atoms with Crippen molar-refractivity contribution < 1.29 is 9.72 Å². The molecule has 2 aromatic carbocycles. The number of nitrogens with one attached hydrogen (secondary N) is 2. The summed E-state index contributed by atoms with van der Waals surface area (Å²) in [5.74, 6) is -0.297. The SMILES string of the molecule is C[C@@H](Sc1n[nH]c(=O)n1CCc1ccccc1)C(=O)Nc1ccc([N+](=O)[O-])cc1. The Morgan fingerprint density at radius 2 is 1.93 bits per heavy atom. The van der Waals surface area contributed by atoms with Crippen LogP contribution in [0.4, 0.5) is 11.4 Å². The minimum absolute atomic E-state index is 0.0515. The van der Waals surface area contributed by atoms with Crippen molar-refractivity contribution >= 4 is 29.0 Å². The van der Waals surface area contributed by atoms with Gasteiger partial charge in [-0.05, 0) is 31.0 Å². The quantitative estimate of drug-likeness (QED) is 0.333. The Kier molecular flexibility index (Phi) is 6.45. The van der Waals surface area contributed by atoms with Crippen LogP contribution < -0.4 is 11.0 Å². The number of non-ortho nitro benzene ring substituents is 1. The maximum Gasteiger partial charge on any atom is 0.343 e. The first kappa shape index (κ1) is 20.3. The third-order valence-electron chi connectivity index (χ3n) is 4.19. The molecule has 1 heterocycles. The zero-order valence-electron chi connectivity index (χ0n) is 15.6. The molecule has 3 rings (SSSR count). The summed E-state index contributed by atoms with van der Waals surface area (Å²) in [6.07, 6.45) is 0.664. The van der Waals surface area contributed by atoms with Crippen LogP contribution in [-0.4, -0.2) is 30.8 Å². The molecule has 1 atom stereocenters. The molecule has 0 aliphatic rings. The number of amides is 1. The fourth-order valence-electron chi connectivity index (χ4n) is 2.60. The highest BCUT2D eigenvalue weighted by molar-refractivity contribution is 8.00. The number of aromatic amines is 1. The van der Waals surface area contributed by atoms with Gasteiger partial charge in [0.05, 0.1) is 10.2 Å². The number of hydrogen-bond acceptors (Lipinski definition) is 6. The first-order valence-corrected chi connectivity index (χ1v) is 9.73. The number of rotatable bonds is 8. The average Bonchev–Trinajstić information content (AvgIpc) is 3.06. The number of anilines is 1. The van der Waals surface area contributed by atoms with Gasteiger partial charge in [0.2, 0.25) is 5.91 Å². The Balaban J connectivity index is 1.62. The number of nitro groups is 1. The number of aryl methyl sites for hydroxylation is 1. The third kappa shape index (κ3) is 5.32. The van der Waals surface area contributed by atoms with E-state index in [0.29, 0.717) is 23.8 Å². The van der Waals surface area contributed by atoms with Crippen molar-refractivity contribution in [1.82, 2.24) is 14.8 Å². The molecule has 3 aromatic rings. The van der Waals surface area contributed by atoms with Crippen molar-refractivity contribution in [1.29, 1.82) is 0 Å². The lowest BCUT2D eigenvalue weighted by atomic mass is 10.1. The molecule has 0 aliphatic carbocycles. The topological polar surface area (TPSA) is 123 Å². The van der Waals surface area contributed by atoms with E-state index in [4.69, 9.17) is 0 Å². The van der Waals surface area contributed by atoms with Crippen molar-refractivity contribution in [3.05, 3.63) is 80.8 Å². The molecule has 0 saturated carbocycles. The van der Waals surface area contributed by atoms with E-state index in [2.05, 4.69) is 15.5 Å². The van der Waals surface area contributed by atoms with Crippen molar-refractivity contribution in [2.75, 3.05) is 5.32 Å². The molecule has 0 unspecified atom stereocenters. The summed E-state index contributed by atoms with van der Waals surface area (Å²) in [7, 11) is 0. The van der Waals surface area contributed by atoms with Gasteiger partial charge in [0.15, 0.2) is 5.16 Å². The second-order valence-corrected chi connectivity index (χ2v) is 7.56. The van der Waals surface area contributed by atoms with Crippen molar-refractivity contribution in [2.24, 2.45) is 0 Å². The first-order valence-electron chi connectivity index (χ1n) is 8.85. The Labute approximate surface area is 170 Å². The van der Waals surface area contributed by atoms with Gasteiger partial charge in [-0.15, -0.1) is 5.10 Å². The second kappa shape index (κ2) is 9.20. The standard InChI is InChI=1S/C19H19N5O4S/c1-13(17(25)20-15-7-9-16(10-8-15)24(27)28)29-19-22-21-18(26)23(19)12-11-14-5-3-2-4-6-14/h2-10,13H,11-12H2,1H3,(H,20,25)(H,21,26)/t13-/m1/s1. The van der Waals surface area contributed by atoms with Gasteiger partial charge in [0, 0.05) is 24.4 Å². The minimum Gasteiger partial charge on any atom is -0.325 e. The lowest BCUT2D eigenvalue weighted by molar-refractivity contribution is -0.384. The number of nitro benzene ring substituents is 1. The Hall–Kier alpha value is -3.40. The van der Waals surface area contributed by atoms with E-state index in [1.54, 1.807) is 6.92 Å². The number of hydrogen-bond donors (Lipinski definition) is 2. The van der Waals surface area contributed by atoms with E-state index in [0.717, 1.165) is 17.3 Å². The highest BCUT2D eigenvalue weighted by Crippen LogP contribution is 2.22. The van der Waals surface area contributed by atoms with Gasteiger partial charge in [-0.1, -0.05) is 42.1 Å². The van der Waals surface area contributed by atoms with Gasteiger partial charge < -0.3 is 5.32 Å². The largest absolute Gasteiger partial charge is 0.343 e. The van der Waals surface area contributed by atoms with E-state index in [-0.39, 0.29) is 17.3 Å². The summed E-state index contributed by atoms with van der Waals surface area (Å²) in [6, 6.07) is 15.4. The van der Waals surface area contributed by atoms with Crippen LogP contribution in [0.25, 0.3) is 0 Å². The molecule has 9 nitrogen and oxygen atoms in total. The second-order valence-electron chi connectivity index (χ2n) is 6.25. The minimum atomic E-state index is -0.532. The maximum absolute atomic E-state index is 12.4. The molecule has 0 aliphatic heterocycles. The van der Waals surface area contributed by atoms with Gasteiger partial charge in [-0.2, -0.15) is 0 Å². The number of thioether (sulfide) groups is 1. The van der Waals surface area contributed by atoms with E-state index in [1.807, 2.05) is 30.3 Å². The van der Waals surface area contributed by atoms with Crippen molar-refractivity contribution in [3.63, 3.8) is 0 Å². The normalized spacial score (nSPS) is 11.8. The van der Waals surface area contributed by atoms with Crippen LogP contribution in [0.2, 0.25) is 0 Å². The van der Waals surface area contributed by atoms with Crippen LogP contribution in [-0.2, 0) is 17.8 Å². The van der Waals surface area contributed by atoms with Crippen LogP contribution in [0, 0.1) is 10.1 Å². The molecule has 2 N–H and O–H groups in total. The van der Waals surface area contributed by atoms with Crippen molar-refractivity contribution in [3.8, 4) is 0 Å². The van der Waals surface area contributed by atoms with Gasteiger partial charge in [-0.3, -0.25) is 19.5 Å². The number of H-pyrrole nitrogens is 1. The molecular weight excluding hydrogens is 394 g/mol. The lowest BCUT2D eigenvalue weighted by Crippen LogP contribution is -2.24. The molecule has 1 amide bonds. The number of nitrogens with zero attached hydrogens (tertiary/aromatic N) is 3. The Morgan fingerprint density at radius 3 is 2.59 bits per heavy atom. The monoisotopic (exact) mass is 413 g/mol. The van der Waals surface area contributed by atoms with Crippen LogP contribution in [0.3, 0.4) is 0 Å². The van der Waals surface area contributed by atoms with Crippen LogP contribution in [0.1, 0.15) is 12.5 Å². The number of carbonyl (C=O) groups excluding carboxylic acids is 1. The average molecular weight is 413 g/mol. The summed E-state index contributed by atoms with van der Waals surface area (Å²) in [5.41, 5.74) is 1.17. The highest BCUT2D eigenvalue weighted by atomic mass is 32.2. The van der Waals surface area contributed by atoms with Crippen molar-refractivity contribution in [2.45, 2.75) is 30.3 Å². The molecule has 0 radical (unpaired) electrons. The summed E-state index contributed by atoms with van der Waals surface area (Å²) < 4.78 is 1.51. The first-order chi connectivity index (χ1) is 13.9. The zero-order valence-corrected chi connectivity index (χ0v) is 16.4. The predicted molar refractivity (Wildman–Crippen MR) is 110 cm³/mol. The fraction of sp³-hybridized carbons (Fsp3) is 0.211. The molecule has 10 heteroatoms. The molecule has 29 heavy (non-hydrogen) atoms. The Bertz CT molecular complexity index is 1050. The van der Waals surface area contributed by atoms with E-state index in [9.17, 15) is 19.7 Å².